The van der Waals surface area contributed by atoms with E-state index in [-0.39, 0.29) is 6.04 Å². The van der Waals surface area contributed by atoms with Crippen LogP contribution in [0.15, 0.2) is 0 Å². The van der Waals surface area contributed by atoms with Crippen LogP contribution in [0.25, 0.3) is 0 Å². The van der Waals surface area contributed by atoms with Crippen LogP contribution in [0.2, 0.25) is 0 Å². The number of rotatable bonds is 1. The van der Waals surface area contributed by atoms with Gasteiger partial charge in [0.1, 0.15) is 0 Å². The highest BCUT2D eigenvalue weighted by atomic mass is 32.2. The quantitative estimate of drug-likeness (QED) is 0.740. The normalized spacial score (nSPS) is 37.9. The average molecular weight is 256 g/mol. The summed E-state index contributed by atoms with van der Waals surface area (Å²) in [7, 11) is 0. The molecule has 1 aliphatic carbocycles. The molecule has 1 N–H and O–H groups in total. The molecular formula is C12H20N2O2S. The predicted molar refractivity (Wildman–Crippen MR) is 68.2 cm³/mol. The molecule has 17 heavy (non-hydrogen) atoms. The molecule has 3 unspecified atom stereocenters. The maximum atomic E-state index is 12.5. The Morgan fingerprint density at radius 3 is 3.18 bits per heavy atom. The van der Waals surface area contributed by atoms with Crippen molar-refractivity contribution in [3.8, 4) is 0 Å². The zero-order chi connectivity index (χ0) is 11.7. The lowest BCUT2D eigenvalue weighted by Crippen LogP contribution is -2.58. The number of morpholine rings is 1. The number of nitrogens with one attached hydrogen (secondary N) is 1. The number of amides is 1. The molecule has 1 amide bonds. The Morgan fingerprint density at radius 2 is 2.35 bits per heavy atom. The molecule has 3 rings (SSSR count). The zero-order valence-electron chi connectivity index (χ0n) is 10.1. The summed E-state index contributed by atoms with van der Waals surface area (Å²) in [5.74, 6) is 2.35. The number of nitrogens with zero attached hydrogens (tertiary/aromatic N) is 1. The van der Waals surface area contributed by atoms with Crippen molar-refractivity contribution in [1.29, 1.82) is 0 Å². The number of fused-ring (bicyclic) bond motifs is 1. The molecule has 3 aliphatic rings. The summed E-state index contributed by atoms with van der Waals surface area (Å²) in [6.07, 6.45) is 3.76. The Bertz CT molecular complexity index is 294. The van der Waals surface area contributed by atoms with Gasteiger partial charge in [0.15, 0.2) is 0 Å². The van der Waals surface area contributed by atoms with Crippen LogP contribution in [0.4, 0.5) is 0 Å². The van der Waals surface area contributed by atoms with Crippen molar-refractivity contribution in [2.75, 3.05) is 31.2 Å². The SMILES string of the molecule is O=C(C1CSCCN1)N1CCOC2CCCC21. The summed E-state index contributed by atoms with van der Waals surface area (Å²) in [6, 6.07) is 0.387. The Kier molecular flexibility index (Phi) is 3.59. The van der Waals surface area contributed by atoms with Gasteiger partial charge in [-0.1, -0.05) is 0 Å². The summed E-state index contributed by atoms with van der Waals surface area (Å²) >= 11 is 1.88. The number of ether oxygens (including phenoxy) is 1. The van der Waals surface area contributed by atoms with Gasteiger partial charge in [-0.3, -0.25) is 4.79 Å². The maximum absolute atomic E-state index is 12.5. The van der Waals surface area contributed by atoms with E-state index in [2.05, 4.69) is 10.2 Å². The second kappa shape index (κ2) is 5.16. The molecule has 5 heteroatoms. The predicted octanol–water partition coefficient (Wildman–Crippen LogP) is 0.471. The monoisotopic (exact) mass is 256 g/mol. The summed E-state index contributed by atoms with van der Waals surface area (Å²) < 4.78 is 5.75. The Hall–Kier alpha value is -0.260. The second-order valence-electron chi connectivity index (χ2n) is 5.02. The molecule has 3 fully saturated rings. The fourth-order valence-electron chi connectivity index (χ4n) is 3.12. The lowest BCUT2D eigenvalue weighted by molar-refractivity contribution is -0.145. The number of carbonyl (C=O) groups is 1. The van der Waals surface area contributed by atoms with Crippen molar-refractivity contribution in [1.82, 2.24) is 10.2 Å². The first-order valence-corrected chi connectivity index (χ1v) is 7.75. The van der Waals surface area contributed by atoms with Crippen LogP contribution in [-0.4, -0.2) is 60.2 Å². The maximum Gasteiger partial charge on any atom is 0.240 e. The minimum Gasteiger partial charge on any atom is -0.374 e. The molecule has 0 bridgehead atoms. The largest absolute Gasteiger partial charge is 0.374 e. The van der Waals surface area contributed by atoms with E-state index >= 15 is 0 Å². The molecule has 3 atom stereocenters. The highest BCUT2D eigenvalue weighted by Gasteiger charge is 2.40. The average Bonchev–Trinajstić information content (AvgIpc) is 2.87. The molecule has 0 aromatic heterocycles. The van der Waals surface area contributed by atoms with Gasteiger partial charge in [0.25, 0.3) is 0 Å². The van der Waals surface area contributed by atoms with E-state index < -0.39 is 0 Å². The molecule has 96 valence electrons. The van der Waals surface area contributed by atoms with Gasteiger partial charge in [-0.05, 0) is 19.3 Å². The standard InChI is InChI=1S/C12H20N2O2S/c15-12(9-8-17-7-4-13-9)14-5-6-16-11-3-1-2-10(11)14/h9-11,13H,1-8H2. The molecule has 0 aromatic rings. The summed E-state index contributed by atoms with van der Waals surface area (Å²) in [4.78, 5) is 14.6. The highest BCUT2D eigenvalue weighted by Crippen LogP contribution is 2.30. The molecule has 0 spiro atoms. The Morgan fingerprint density at radius 1 is 1.41 bits per heavy atom. The van der Waals surface area contributed by atoms with Crippen molar-refractivity contribution < 1.29 is 9.53 Å². The van der Waals surface area contributed by atoms with Crippen molar-refractivity contribution in [3.63, 3.8) is 0 Å². The highest BCUT2D eigenvalue weighted by molar-refractivity contribution is 7.99. The second-order valence-corrected chi connectivity index (χ2v) is 6.17. The van der Waals surface area contributed by atoms with Crippen LogP contribution >= 0.6 is 11.8 Å². The van der Waals surface area contributed by atoms with E-state index in [1.54, 1.807) is 0 Å². The van der Waals surface area contributed by atoms with Gasteiger partial charge >= 0.3 is 0 Å². The van der Waals surface area contributed by atoms with Crippen molar-refractivity contribution in [2.24, 2.45) is 0 Å². The molecule has 4 nitrogen and oxygen atoms in total. The first-order chi connectivity index (χ1) is 8.36. The Labute approximate surface area is 106 Å². The van der Waals surface area contributed by atoms with Gasteiger partial charge in [-0.2, -0.15) is 11.8 Å². The summed E-state index contributed by atoms with van der Waals surface area (Å²) in [6.45, 7) is 2.45. The number of thioether (sulfide) groups is 1. The first-order valence-electron chi connectivity index (χ1n) is 6.59. The van der Waals surface area contributed by atoms with Gasteiger partial charge in [0, 0.05) is 24.6 Å². The molecule has 2 heterocycles. The van der Waals surface area contributed by atoms with E-state index in [1.165, 1.54) is 6.42 Å². The fraction of sp³-hybridized carbons (Fsp3) is 0.917. The third-order valence-electron chi connectivity index (χ3n) is 3.98. The molecule has 1 saturated carbocycles. The minimum absolute atomic E-state index is 0.0353. The van der Waals surface area contributed by atoms with E-state index in [4.69, 9.17) is 4.74 Å². The van der Waals surface area contributed by atoms with Gasteiger partial charge in [0.2, 0.25) is 5.91 Å². The van der Waals surface area contributed by atoms with Gasteiger partial charge in [-0.25, -0.2) is 0 Å². The van der Waals surface area contributed by atoms with Crippen LogP contribution in [0.1, 0.15) is 19.3 Å². The smallest absolute Gasteiger partial charge is 0.240 e. The topological polar surface area (TPSA) is 41.6 Å². The van der Waals surface area contributed by atoms with Crippen LogP contribution < -0.4 is 5.32 Å². The van der Waals surface area contributed by atoms with Crippen LogP contribution in [-0.2, 0) is 9.53 Å². The minimum atomic E-state index is 0.0353. The number of carbonyl (C=O) groups excluding carboxylic acids is 1. The van der Waals surface area contributed by atoms with Crippen molar-refractivity contribution >= 4 is 17.7 Å². The molecule has 2 aliphatic heterocycles. The third kappa shape index (κ3) is 2.33. The van der Waals surface area contributed by atoms with Gasteiger partial charge < -0.3 is 15.0 Å². The van der Waals surface area contributed by atoms with Crippen LogP contribution in [0.5, 0.6) is 0 Å². The molecule has 0 aromatic carbocycles. The van der Waals surface area contributed by atoms with Crippen molar-refractivity contribution in [2.45, 2.75) is 37.5 Å². The summed E-state index contributed by atoms with van der Waals surface area (Å²) in [5, 5.41) is 3.34. The molecular weight excluding hydrogens is 236 g/mol. The van der Waals surface area contributed by atoms with Crippen LogP contribution in [0, 0.1) is 0 Å². The number of hydrogen-bond acceptors (Lipinski definition) is 4. The number of hydrogen-bond donors (Lipinski definition) is 1. The van der Waals surface area contributed by atoms with Gasteiger partial charge in [-0.15, -0.1) is 0 Å². The van der Waals surface area contributed by atoms with E-state index in [0.29, 0.717) is 24.7 Å². The molecule has 0 radical (unpaired) electrons. The lowest BCUT2D eigenvalue weighted by atomic mass is 10.1. The van der Waals surface area contributed by atoms with Crippen molar-refractivity contribution in [3.05, 3.63) is 0 Å². The third-order valence-corrected chi connectivity index (χ3v) is 5.05. The zero-order valence-corrected chi connectivity index (χ0v) is 10.9. The fourth-order valence-corrected chi connectivity index (χ4v) is 4.05. The van der Waals surface area contributed by atoms with Gasteiger partial charge in [0.05, 0.1) is 24.8 Å². The lowest BCUT2D eigenvalue weighted by Gasteiger charge is -2.40. The van der Waals surface area contributed by atoms with E-state index in [0.717, 1.165) is 37.4 Å². The Balaban J connectivity index is 1.67. The first kappa shape index (κ1) is 11.8. The van der Waals surface area contributed by atoms with E-state index in [9.17, 15) is 4.79 Å². The molecule has 2 saturated heterocycles. The summed E-state index contributed by atoms with van der Waals surface area (Å²) in [5.41, 5.74) is 0. The van der Waals surface area contributed by atoms with Crippen LogP contribution in [0.3, 0.4) is 0 Å². The van der Waals surface area contributed by atoms with E-state index in [1.807, 2.05) is 11.8 Å².